The van der Waals surface area contributed by atoms with Crippen LogP contribution in [-0.2, 0) is 11.3 Å². The molecule has 0 fully saturated rings. The number of aromatic amines is 1. The number of aromatic nitrogens is 1. The zero-order valence-corrected chi connectivity index (χ0v) is 15.0. The topological polar surface area (TPSA) is 122 Å². The minimum atomic E-state index is -0.814. The van der Waals surface area contributed by atoms with E-state index in [-0.39, 0.29) is 5.96 Å². The largest absolute Gasteiger partial charge is 0.442 e. The summed E-state index contributed by atoms with van der Waals surface area (Å²) in [6.45, 7) is 5.62. The molecule has 0 atom stereocenters. The summed E-state index contributed by atoms with van der Waals surface area (Å²) in [5.41, 5.74) is 6.81. The van der Waals surface area contributed by atoms with Gasteiger partial charge in [-0.1, -0.05) is 12.1 Å². The highest BCUT2D eigenvalue weighted by molar-refractivity contribution is 6.11. The predicted molar refractivity (Wildman–Crippen MR) is 99.9 cm³/mol. The van der Waals surface area contributed by atoms with Crippen molar-refractivity contribution in [3.63, 3.8) is 0 Å². The molecule has 1 heterocycles. The molecule has 0 aliphatic carbocycles. The van der Waals surface area contributed by atoms with Crippen molar-refractivity contribution >= 4 is 23.6 Å². The molecule has 8 nitrogen and oxygen atoms in total. The maximum absolute atomic E-state index is 12.2. The van der Waals surface area contributed by atoms with E-state index in [0.29, 0.717) is 17.9 Å². The number of anilines is 1. The number of H-pyrrole nitrogens is 1. The lowest BCUT2D eigenvalue weighted by molar-refractivity contribution is 0.0604. The van der Waals surface area contributed by atoms with Gasteiger partial charge >= 0.3 is 6.09 Å². The van der Waals surface area contributed by atoms with Crippen molar-refractivity contribution < 1.29 is 14.3 Å². The molecule has 0 aliphatic rings. The maximum atomic E-state index is 12.2. The Morgan fingerprint density at radius 2 is 1.88 bits per heavy atom. The van der Waals surface area contributed by atoms with E-state index in [0.717, 1.165) is 5.56 Å². The Morgan fingerprint density at radius 3 is 2.42 bits per heavy atom. The molecule has 0 saturated carbocycles. The monoisotopic (exact) mass is 357 g/mol. The summed E-state index contributed by atoms with van der Waals surface area (Å²) in [5.74, 6) is -0.484. The summed E-state index contributed by atoms with van der Waals surface area (Å²) in [5, 5.41) is 5.46. The highest BCUT2D eigenvalue weighted by atomic mass is 16.6. The normalized spacial score (nSPS) is 11.8. The van der Waals surface area contributed by atoms with Crippen LogP contribution in [0.4, 0.5) is 10.5 Å². The second kappa shape index (κ2) is 8.30. The number of aliphatic imine (C=N–C) groups is 1. The first-order chi connectivity index (χ1) is 12.3. The van der Waals surface area contributed by atoms with Gasteiger partial charge in [0.05, 0.1) is 0 Å². The Kier molecular flexibility index (Phi) is 6.13. The number of nitrogens with two attached hydrogens (primary N) is 1. The number of rotatable bonds is 3. The van der Waals surface area contributed by atoms with E-state index in [9.17, 15) is 9.59 Å². The zero-order valence-electron chi connectivity index (χ0n) is 15.0. The Balaban J connectivity index is 2.19. The number of guanidine groups is 1. The van der Waals surface area contributed by atoms with Crippen LogP contribution >= 0.6 is 0 Å². The molecule has 2 rings (SSSR count). The van der Waals surface area contributed by atoms with Crippen molar-refractivity contribution in [1.29, 1.82) is 0 Å². The predicted octanol–water partition coefficient (Wildman–Crippen LogP) is 2.61. The number of carbonyl (C=O) groups excluding carboxylic acids is 2. The van der Waals surface area contributed by atoms with Crippen molar-refractivity contribution in [3.05, 3.63) is 53.9 Å². The van der Waals surface area contributed by atoms with Crippen molar-refractivity contribution in [2.45, 2.75) is 32.9 Å². The van der Waals surface area contributed by atoms with Gasteiger partial charge in [-0.2, -0.15) is 0 Å². The first kappa shape index (κ1) is 19.2. The lowest BCUT2D eigenvalue weighted by Gasteiger charge is -2.18. The fraction of sp³-hybridized carbons (Fsp3) is 0.278. The minimum Gasteiger partial charge on any atom is -0.442 e. The molecular formula is C18H23N5O3. The molecule has 0 radical (unpaired) electrons. The van der Waals surface area contributed by atoms with Crippen molar-refractivity contribution in [2.75, 3.05) is 5.32 Å². The van der Waals surface area contributed by atoms with E-state index >= 15 is 0 Å². The van der Waals surface area contributed by atoms with E-state index in [1.54, 1.807) is 51.2 Å². The van der Waals surface area contributed by atoms with Gasteiger partial charge in [0.25, 0.3) is 5.91 Å². The number of ether oxygens (including phenoxy) is 1. The number of nitrogens with one attached hydrogen (secondary N) is 3. The first-order valence-electron chi connectivity index (χ1n) is 8.09. The van der Waals surface area contributed by atoms with E-state index in [4.69, 9.17) is 10.5 Å². The Labute approximate surface area is 151 Å². The molecule has 0 bridgehead atoms. The fourth-order valence-electron chi connectivity index (χ4n) is 1.97. The van der Waals surface area contributed by atoms with Gasteiger partial charge in [0, 0.05) is 18.4 Å². The van der Waals surface area contributed by atoms with Crippen LogP contribution in [0, 0.1) is 0 Å². The highest BCUT2D eigenvalue weighted by Gasteiger charge is 2.18. The van der Waals surface area contributed by atoms with Gasteiger partial charge in [-0.25, -0.2) is 4.79 Å². The first-order valence-corrected chi connectivity index (χ1v) is 8.09. The summed E-state index contributed by atoms with van der Waals surface area (Å²) in [4.78, 5) is 30.9. The average molecular weight is 357 g/mol. The van der Waals surface area contributed by atoms with Gasteiger partial charge in [-0.15, -0.1) is 4.99 Å². The molecule has 5 N–H and O–H groups in total. The van der Waals surface area contributed by atoms with Crippen LogP contribution in [-0.4, -0.2) is 28.5 Å². The van der Waals surface area contributed by atoms with Crippen LogP contribution < -0.4 is 16.4 Å². The Hall–Kier alpha value is -3.13. The number of amides is 2. The van der Waals surface area contributed by atoms with E-state index < -0.39 is 17.6 Å². The number of nitrogens with zero attached hydrogens (tertiary/aromatic N) is 1. The molecule has 26 heavy (non-hydrogen) atoms. The molecule has 2 amide bonds. The third kappa shape index (κ3) is 6.06. The van der Waals surface area contributed by atoms with Gasteiger partial charge in [0.2, 0.25) is 5.96 Å². The summed E-state index contributed by atoms with van der Waals surface area (Å²) < 4.78 is 5.17. The SMILES string of the molecule is CC(C)(C)OC(=O)/N=C(/NC(=O)c1ccc[nH]1)Nc1ccc(CN)cc1. The van der Waals surface area contributed by atoms with E-state index in [2.05, 4.69) is 20.6 Å². The van der Waals surface area contributed by atoms with Crippen LogP contribution in [0.15, 0.2) is 47.6 Å². The van der Waals surface area contributed by atoms with Crippen LogP contribution in [0.1, 0.15) is 36.8 Å². The average Bonchev–Trinajstić information content (AvgIpc) is 3.08. The van der Waals surface area contributed by atoms with Gasteiger partial charge in [0.15, 0.2) is 0 Å². The quantitative estimate of drug-likeness (QED) is 0.497. The van der Waals surface area contributed by atoms with E-state index in [1.807, 2.05) is 12.1 Å². The van der Waals surface area contributed by atoms with Crippen LogP contribution in [0.3, 0.4) is 0 Å². The molecule has 1 aromatic carbocycles. The van der Waals surface area contributed by atoms with Crippen LogP contribution in [0.5, 0.6) is 0 Å². The molecule has 138 valence electrons. The number of hydrogen-bond donors (Lipinski definition) is 4. The molecule has 8 heteroatoms. The van der Waals surface area contributed by atoms with Crippen molar-refractivity contribution in [3.8, 4) is 0 Å². The van der Waals surface area contributed by atoms with E-state index in [1.165, 1.54) is 0 Å². The smallest absolute Gasteiger partial charge is 0.437 e. The third-order valence-corrected chi connectivity index (χ3v) is 3.12. The molecule has 0 spiro atoms. The highest BCUT2D eigenvalue weighted by Crippen LogP contribution is 2.11. The minimum absolute atomic E-state index is 0.0423. The Morgan fingerprint density at radius 1 is 1.19 bits per heavy atom. The second-order valence-electron chi connectivity index (χ2n) is 6.50. The molecule has 0 aliphatic heterocycles. The number of benzene rings is 1. The molecule has 0 unspecified atom stereocenters. The summed E-state index contributed by atoms with van der Waals surface area (Å²) >= 11 is 0. The van der Waals surface area contributed by atoms with Gasteiger partial charge in [-0.3, -0.25) is 10.1 Å². The number of carbonyl (C=O) groups is 2. The standard InChI is InChI=1S/C18H23N5O3/c1-18(2,3)26-17(25)23-16(22-15(24)14-5-4-10-20-14)21-13-8-6-12(11-19)7-9-13/h4-10,20H,11,19H2,1-3H3,(H2,21,22,23,24,25). The molecule has 1 aromatic heterocycles. The summed E-state index contributed by atoms with van der Waals surface area (Å²) in [6.07, 6.45) is 0.809. The Bertz CT molecular complexity index is 774. The summed E-state index contributed by atoms with van der Waals surface area (Å²) in [7, 11) is 0. The van der Waals surface area contributed by atoms with Crippen LogP contribution in [0.25, 0.3) is 0 Å². The molecule has 2 aromatic rings. The number of hydrogen-bond acceptors (Lipinski definition) is 4. The lowest BCUT2D eigenvalue weighted by Crippen LogP contribution is -2.37. The molecule has 0 saturated heterocycles. The second-order valence-corrected chi connectivity index (χ2v) is 6.50. The maximum Gasteiger partial charge on any atom is 0.437 e. The third-order valence-electron chi connectivity index (χ3n) is 3.12. The fourth-order valence-corrected chi connectivity index (χ4v) is 1.97. The molecular weight excluding hydrogens is 334 g/mol. The van der Waals surface area contributed by atoms with Gasteiger partial charge in [-0.05, 0) is 50.6 Å². The van der Waals surface area contributed by atoms with Gasteiger partial charge in [0.1, 0.15) is 11.3 Å². The van der Waals surface area contributed by atoms with Crippen molar-refractivity contribution in [1.82, 2.24) is 10.3 Å². The van der Waals surface area contributed by atoms with Crippen molar-refractivity contribution in [2.24, 2.45) is 10.7 Å². The van der Waals surface area contributed by atoms with Gasteiger partial charge < -0.3 is 20.8 Å². The summed E-state index contributed by atoms with van der Waals surface area (Å²) in [6, 6.07) is 10.5. The zero-order chi connectivity index (χ0) is 19.2. The van der Waals surface area contributed by atoms with Crippen LogP contribution in [0.2, 0.25) is 0 Å². The lowest BCUT2D eigenvalue weighted by atomic mass is 10.2.